The Hall–Kier alpha value is -1.84. The third-order valence-electron chi connectivity index (χ3n) is 4.29. The molecule has 2 amide bonds. The molecule has 0 spiro atoms. The molecule has 4 nitrogen and oxygen atoms in total. The molecule has 4 heteroatoms. The Kier molecular flexibility index (Phi) is 4.59. The first-order chi connectivity index (χ1) is 10.2. The van der Waals surface area contributed by atoms with E-state index >= 15 is 0 Å². The highest BCUT2D eigenvalue weighted by Gasteiger charge is 2.39. The number of hydrogen-bond donors (Lipinski definition) is 1. The monoisotopic (exact) mass is 302 g/mol. The van der Waals surface area contributed by atoms with E-state index < -0.39 is 0 Å². The van der Waals surface area contributed by atoms with Crippen molar-refractivity contribution < 1.29 is 9.59 Å². The Morgan fingerprint density at radius 1 is 1.09 bits per heavy atom. The summed E-state index contributed by atoms with van der Waals surface area (Å²) < 4.78 is 0. The number of nitrogens with zero attached hydrogens (tertiary/aromatic N) is 1. The second kappa shape index (κ2) is 6.11. The zero-order valence-corrected chi connectivity index (χ0v) is 14.0. The van der Waals surface area contributed by atoms with E-state index in [4.69, 9.17) is 0 Å². The molecule has 0 bridgehead atoms. The van der Waals surface area contributed by atoms with Crippen LogP contribution in [0.4, 0.5) is 0 Å². The summed E-state index contributed by atoms with van der Waals surface area (Å²) in [6.07, 6.45) is 1.50. The lowest BCUT2D eigenvalue weighted by Gasteiger charge is -2.44. The van der Waals surface area contributed by atoms with Crippen molar-refractivity contribution in [3.63, 3.8) is 0 Å². The van der Waals surface area contributed by atoms with Crippen LogP contribution in [-0.4, -0.2) is 29.8 Å². The Balaban J connectivity index is 2.19. The summed E-state index contributed by atoms with van der Waals surface area (Å²) in [6.45, 7) is 8.74. The van der Waals surface area contributed by atoms with Crippen molar-refractivity contribution >= 4 is 11.8 Å². The van der Waals surface area contributed by atoms with Gasteiger partial charge in [-0.1, -0.05) is 51.1 Å². The highest BCUT2D eigenvalue weighted by molar-refractivity contribution is 5.81. The molecule has 0 radical (unpaired) electrons. The number of nitrogens with one attached hydrogen (secondary N) is 1. The average Bonchev–Trinajstić information content (AvgIpc) is 2.46. The van der Waals surface area contributed by atoms with E-state index in [9.17, 15) is 9.59 Å². The molecule has 1 fully saturated rings. The fourth-order valence-corrected chi connectivity index (χ4v) is 3.15. The number of piperidine rings is 1. The standard InChI is InChI=1S/C18H26N2O2/c1-14(21)19-18(15-8-6-5-7-9-15)10-12-20(13-11-18)16(22)17(2,3)4/h5-9H,10-13H2,1-4H3,(H,19,21). The third kappa shape index (κ3) is 3.49. The molecule has 0 aliphatic carbocycles. The molecule has 1 aromatic rings. The number of likely N-dealkylation sites (tertiary alicyclic amines) is 1. The molecule has 1 aromatic carbocycles. The maximum atomic E-state index is 12.4. The van der Waals surface area contributed by atoms with Gasteiger partial charge in [-0.15, -0.1) is 0 Å². The molecule has 120 valence electrons. The Morgan fingerprint density at radius 2 is 1.64 bits per heavy atom. The van der Waals surface area contributed by atoms with Crippen molar-refractivity contribution in [1.29, 1.82) is 0 Å². The maximum Gasteiger partial charge on any atom is 0.227 e. The van der Waals surface area contributed by atoms with Gasteiger partial charge in [0.2, 0.25) is 11.8 Å². The van der Waals surface area contributed by atoms with Gasteiger partial charge in [0.1, 0.15) is 0 Å². The normalized spacial score (nSPS) is 17.9. The first-order valence-corrected chi connectivity index (χ1v) is 7.88. The van der Waals surface area contributed by atoms with Gasteiger partial charge in [0, 0.05) is 25.4 Å². The smallest absolute Gasteiger partial charge is 0.227 e. The molecule has 1 heterocycles. The van der Waals surface area contributed by atoms with Crippen LogP contribution in [0.25, 0.3) is 0 Å². The molecule has 22 heavy (non-hydrogen) atoms. The molecule has 0 aromatic heterocycles. The van der Waals surface area contributed by atoms with Crippen molar-refractivity contribution in [1.82, 2.24) is 10.2 Å². The summed E-state index contributed by atoms with van der Waals surface area (Å²) in [5, 5.41) is 3.13. The molecule has 1 aliphatic heterocycles. The molecular formula is C18H26N2O2. The van der Waals surface area contributed by atoms with Gasteiger partial charge >= 0.3 is 0 Å². The minimum atomic E-state index is -0.360. The Bertz CT molecular complexity index is 538. The summed E-state index contributed by atoms with van der Waals surface area (Å²) >= 11 is 0. The predicted molar refractivity (Wildman–Crippen MR) is 87.2 cm³/mol. The van der Waals surface area contributed by atoms with Crippen LogP contribution >= 0.6 is 0 Å². The first kappa shape index (κ1) is 16.5. The predicted octanol–water partition coefficient (Wildman–Crippen LogP) is 2.69. The molecule has 0 saturated carbocycles. The van der Waals surface area contributed by atoms with Crippen LogP contribution in [-0.2, 0) is 15.1 Å². The molecule has 1 saturated heterocycles. The van der Waals surface area contributed by atoms with Gasteiger partial charge in [-0.2, -0.15) is 0 Å². The Morgan fingerprint density at radius 3 is 2.09 bits per heavy atom. The van der Waals surface area contributed by atoms with Crippen molar-refractivity contribution in [2.75, 3.05) is 13.1 Å². The zero-order valence-electron chi connectivity index (χ0n) is 14.0. The van der Waals surface area contributed by atoms with Crippen molar-refractivity contribution in [2.45, 2.75) is 46.1 Å². The molecule has 1 aliphatic rings. The van der Waals surface area contributed by atoms with Gasteiger partial charge in [0.25, 0.3) is 0 Å². The largest absolute Gasteiger partial charge is 0.347 e. The minimum Gasteiger partial charge on any atom is -0.347 e. The molecule has 0 atom stereocenters. The van der Waals surface area contributed by atoms with Gasteiger partial charge in [-0.05, 0) is 18.4 Å². The lowest BCUT2D eigenvalue weighted by atomic mass is 9.80. The topological polar surface area (TPSA) is 49.4 Å². The van der Waals surface area contributed by atoms with E-state index in [1.54, 1.807) is 6.92 Å². The number of hydrogen-bond acceptors (Lipinski definition) is 2. The van der Waals surface area contributed by atoms with Crippen LogP contribution in [0, 0.1) is 5.41 Å². The Labute approximate surface area is 132 Å². The highest BCUT2D eigenvalue weighted by atomic mass is 16.2. The van der Waals surface area contributed by atoms with Crippen LogP contribution in [0.3, 0.4) is 0 Å². The van der Waals surface area contributed by atoms with E-state index in [2.05, 4.69) is 17.4 Å². The number of rotatable bonds is 2. The van der Waals surface area contributed by atoms with Crippen molar-refractivity contribution in [3.05, 3.63) is 35.9 Å². The van der Waals surface area contributed by atoms with Gasteiger partial charge in [0.15, 0.2) is 0 Å². The maximum absolute atomic E-state index is 12.4. The van der Waals surface area contributed by atoms with E-state index in [0.717, 1.165) is 18.4 Å². The summed E-state index contributed by atoms with van der Waals surface area (Å²) in [5.41, 5.74) is 0.399. The van der Waals surface area contributed by atoms with Crippen LogP contribution in [0.5, 0.6) is 0 Å². The first-order valence-electron chi connectivity index (χ1n) is 7.88. The summed E-state index contributed by atoms with van der Waals surface area (Å²) in [6, 6.07) is 10.1. The molecule has 2 rings (SSSR count). The lowest BCUT2D eigenvalue weighted by molar-refractivity contribution is -0.141. The van der Waals surface area contributed by atoms with Crippen LogP contribution in [0.1, 0.15) is 46.1 Å². The van der Waals surface area contributed by atoms with Gasteiger partial charge in [0.05, 0.1) is 5.54 Å². The number of carbonyl (C=O) groups excluding carboxylic acids is 2. The van der Waals surface area contributed by atoms with Gasteiger partial charge in [-0.25, -0.2) is 0 Å². The second-order valence-electron chi connectivity index (χ2n) is 7.17. The number of amides is 2. The average molecular weight is 302 g/mol. The van der Waals surface area contributed by atoms with Gasteiger partial charge < -0.3 is 10.2 Å². The van der Waals surface area contributed by atoms with E-state index in [-0.39, 0.29) is 22.8 Å². The van der Waals surface area contributed by atoms with Crippen LogP contribution in [0.15, 0.2) is 30.3 Å². The number of carbonyl (C=O) groups is 2. The SMILES string of the molecule is CC(=O)NC1(c2ccccc2)CCN(C(=O)C(C)(C)C)CC1. The molecule has 1 N–H and O–H groups in total. The fraction of sp³-hybridized carbons (Fsp3) is 0.556. The van der Waals surface area contributed by atoms with Crippen molar-refractivity contribution in [3.8, 4) is 0 Å². The van der Waals surface area contributed by atoms with E-state index in [1.165, 1.54) is 0 Å². The van der Waals surface area contributed by atoms with Crippen molar-refractivity contribution in [2.24, 2.45) is 5.41 Å². The zero-order chi connectivity index (χ0) is 16.4. The lowest BCUT2D eigenvalue weighted by Crippen LogP contribution is -2.55. The van der Waals surface area contributed by atoms with E-state index in [1.807, 2.05) is 43.9 Å². The molecular weight excluding hydrogens is 276 g/mol. The molecule has 0 unspecified atom stereocenters. The summed E-state index contributed by atoms with van der Waals surface area (Å²) in [4.78, 5) is 26.0. The minimum absolute atomic E-state index is 0.0283. The fourth-order valence-electron chi connectivity index (χ4n) is 3.15. The quantitative estimate of drug-likeness (QED) is 0.913. The highest BCUT2D eigenvalue weighted by Crippen LogP contribution is 2.34. The van der Waals surface area contributed by atoms with Crippen LogP contribution in [0.2, 0.25) is 0 Å². The van der Waals surface area contributed by atoms with Crippen LogP contribution < -0.4 is 5.32 Å². The summed E-state index contributed by atoms with van der Waals surface area (Å²) in [5.74, 6) is 0.149. The third-order valence-corrected chi connectivity index (χ3v) is 4.29. The van der Waals surface area contributed by atoms with E-state index in [0.29, 0.717) is 13.1 Å². The van der Waals surface area contributed by atoms with Gasteiger partial charge in [-0.3, -0.25) is 9.59 Å². The second-order valence-corrected chi connectivity index (χ2v) is 7.17. The summed E-state index contributed by atoms with van der Waals surface area (Å²) in [7, 11) is 0. The number of benzene rings is 1.